The van der Waals surface area contributed by atoms with E-state index in [1.165, 1.54) is 34.9 Å². The van der Waals surface area contributed by atoms with E-state index in [1.807, 2.05) is 49.3 Å². The smallest absolute Gasteiger partial charge is 0.271 e. The maximum Gasteiger partial charge on any atom is 0.271 e. The number of rotatable bonds is 5. The van der Waals surface area contributed by atoms with Crippen molar-refractivity contribution in [1.82, 2.24) is 0 Å². The molecule has 0 aliphatic carbocycles. The zero-order valence-electron chi connectivity index (χ0n) is 15.2. The Balaban J connectivity index is 1.77. The van der Waals surface area contributed by atoms with E-state index in [0.717, 1.165) is 11.3 Å². The normalized spacial score (nSPS) is 15.6. The number of nitrogens with zero attached hydrogens (tertiary/aromatic N) is 3. The molecule has 3 rings (SSSR count). The SMILES string of the molecule is CN(C)c1ccc(C=CC=C2SC(=S)N(c3cccc([N+](=O)[O-])c3)C2=O)cc1. The number of nitro groups is 1. The van der Waals surface area contributed by atoms with Crippen LogP contribution in [0.2, 0.25) is 0 Å². The lowest BCUT2D eigenvalue weighted by molar-refractivity contribution is -0.384. The Morgan fingerprint density at radius 3 is 2.54 bits per heavy atom. The van der Waals surface area contributed by atoms with Gasteiger partial charge in [0.1, 0.15) is 0 Å². The highest BCUT2D eigenvalue weighted by atomic mass is 32.2. The molecule has 142 valence electrons. The van der Waals surface area contributed by atoms with Gasteiger partial charge in [0.15, 0.2) is 4.32 Å². The van der Waals surface area contributed by atoms with Gasteiger partial charge in [0.05, 0.1) is 15.5 Å². The van der Waals surface area contributed by atoms with Gasteiger partial charge in [-0.1, -0.05) is 54.3 Å². The molecule has 6 nitrogen and oxygen atoms in total. The van der Waals surface area contributed by atoms with E-state index in [-0.39, 0.29) is 11.6 Å². The van der Waals surface area contributed by atoms with E-state index in [9.17, 15) is 14.9 Å². The zero-order chi connectivity index (χ0) is 20.3. The van der Waals surface area contributed by atoms with Gasteiger partial charge in [0.25, 0.3) is 11.6 Å². The first-order valence-corrected chi connectivity index (χ1v) is 9.56. The number of carbonyl (C=O) groups is 1. The quantitative estimate of drug-likeness (QED) is 0.309. The first kappa shape index (κ1) is 19.8. The molecule has 0 aromatic heterocycles. The standard InChI is InChI=1S/C20H17N3O3S2/c1-21(2)15-11-9-14(10-12-15)5-3-8-18-19(24)22(20(27)28-18)16-6-4-7-17(13-16)23(25)26/h3-13H,1-2H3. The number of thioether (sulfide) groups is 1. The fourth-order valence-corrected chi connectivity index (χ4v) is 3.83. The van der Waals surface area contributed by atoms with E-state index in [0.29, 0.717) is 14.9 Å². The predicted octanol–water partition coefficient (Wildman–Crippen LogP) is 4.62. The number of benzene rings is 2. The van der Waals surface area contributed by atoms with Crippen molar-refractivity contribution in [2.45, 2.75) is 0 Å². The van der Waals surface area contributed by atoms with Crippen LogP contribution in [0.15, 0.2) is 65.6 Å². The number of nitro benzene ring substituents is 1. The number of amides is 1. The molecule has 1 aliphatic rings. The maximum atomic E-state index is 12.7. The third-order valence-corrected chi connectivity index (χ3v) is 5.36. The maximum absolute atomic E-state index is 12.7. The van der Waals surface area contributed by atoms with E-state index >= 15 is 0 Å². The predicted molar refractivity (Wildman–Crippen MR) is 119 cm³/mol. The lowest BCUT2D eigenvalue weighted by Crippen LogP contribution is -2.27. The van der Waals surface area contributed by atoms with Crippen molar-refractivity contribution in [2.75, 3.05) is 23.9 Å². The summed E-state index contributed by atoms with van der Waals surface area (Å²) in [6.07, 6.45) is 5.40. The molecule has 28 heavy (non-hydrogen) atoms. The summed E-state index contributed by atoms with van der Waals surface area (Å²) in [6.45, 7) is 0. The first-order valence-electron chi connectivity index (χ1n) is 8.33. The Morgan fingerprint density at radius 1 is 1.18 bits per heavy atom. The van der Waals surface area contributed by atoms with Crippen molar-refractivity contribution in [1.29, 1.82) is 0 Å². The van der Waals surface area contributed by atoms with Crippen LogP contribution in [-0.2, 0) is 4.79 Å². The molecule has 0 spiro atoms. The fourth-order valence-electron chi connectivity index (χ4n) is 2.58. The number of hydrogen-bond donors (Lipinski definition) is 0. The van der Waals surface area contributed by atoms with Crippen LogP contribution in [0.4, 0.5) is 17.1 Å². The molecule has 0 atom stereocenters. The summed E-state index contributed by atoms with van der Waals surface area (Å²) >= 11 is 6.47. The second kappa shape index (κ2) is 8.37. The van der Waals surface area contributed by atoms with E-state index < -0.39 is 4.92 Å². The number of hydrogen-bond acceptors (Lipinski definition) is 6. The number of carbonyl (C=O) groups excluding carboxylic acids is 1. The Morgan fingerprint density at radius 2 is 1.89 bits per heavy atom. The summed E-state index contributed by atoms with van der Waals surface area (Å²) in [5.74, 6) is -0.289. The van der Waals surface area contributed by atoms with E-state index in [2.05, 4.69) is 0 Å². The van der Waals surface area contributed by atoms with Gasteiger partial charge in [-0.25, -0.2) is 0 Å². The first-order chi connectivity index (χ1) is 13.4. The van der Waals surface area contributed by atoms with Crippen molar-refractivity contribution >= 4 is 57.3 Å². The van der Waals surface area contributed by atoms with Crippen molar-refractivity contribution in [2.24, 2.45) is 0 Å². The molecule has 0 bridgehead atoms. The molecule has 2 aromatic carbocycles. The van der Waals surface area contributed by atoms with Crippen LogP contribution in [0.1, 0.15) is 5.56 Å². The minimum absolute atomic E-state index is 0.0865. The second-order valence-corrected chi connectivity index (χ2v) is 7.84. The highest BCUT2D eigenvalue weighted by molar-refractivity contribution is 8.27. The van der Waals surface area contributed by atoms with E-state index in [1.54, 1.807) is 18.2 Å². The van der Waals surface area contributed by atoms with Gasteiger partial charge in [0.2, 0.25) is 0 Å². The lowest BCUT2D eigenvalue weighted by atomic mass is 10.2. The minimum Gasteiger partial charge on any atom is -0.378 e. The van der Waals surface area contributed by atoms with Crippen LogP contribution in [-0.4, -0.2) is 29.2 Å². The molecular weight excluding hydrogens is 394 g/mol. The Kier molecular flexibility index (Phi) is 5.91. The third kappa shape index (κ3) is 4.29. The van der Waals surface area contributed by atoms with Crippen LogP contribution in [0.3, 0.4) is 0 Å². The van der Waals surface area contributed by atoms with Crippen molar-refractivity contribution in [3.05, 3.63) is 81.3 Å². The van der Waals surface area contributed by atoms with Gasteiger partial charge in [-0.3, -0.25) is 19.8 Å². The van der Waals surface area contributed by atoms with Crippen LogP contribution in [0.25, 0.3) is 6.08 Å². The van der Waals surface area contributed by atoms with E-state index in [4.69, 9.17) is 12.2 Å². The fraction of sp³-hybridized carbons (Fsp3) is 0.100. The molecule has 0 radical (unpaired) electrons. The molecule has 0 N–H and O–H groups in total. The van der Waals surface area contributed by atoms with Gasteiger partial charge in [-0.15, -0.1) is 0 Å². The average molecular weight is 412 g/mol. The molecule has 1 saturated heterocycles. The minimum atomic E-state index is -0.499. The molecule has 1 heterocycles. The summed E-state index contributed by atoms with van der Waals surface area (Å²) in [5.41, 5.74) is 2.42. The average Bonchev–Trinajstić information content (AvgIpc) is 2.95. The van der Waals surface area contributed by atoms with Crippen LogP contribution >= 0.6 is 24.0 Å². The van der Waals surface area contributed by atoms with Crippen LogP contribution in [0.5, 0.6) is 0 Å². The van der Waals surface area contributed by atoms with Gasteiger partial charge in [0, 0.05) is 31.9 Å². The number of thiocarbonyl (C=S) groups is 1. The molecule has 1 amide bonds. The van der Waals surface area contributed by atoms with Gasteiger partial charge < -0.3 is 4.90 Å². The van der Waals surface area contributed by atoms with Crippen molar-refractivity contribution in [3.8, 4) is 0 Å². The third-order valence-electron chi connectivity index (χ3n) is 4.04. The van der Waals surface area contributed by atoms with Gasteiger partial charge >= 0.3 is 0 Å². The topological polar surface area (TPSA) is 66.7 Å². The lowest BCUT2D eigenvalue weighted by Gasteiger charge is -2.13. The summed E-state index contributed by atoms with van der Waals surface area (Å²) in [4.78, 5) is 27.0. The molecule has 8 heteroatoms. The monoisotopic (exact) mass is 411 g/mol. The molecule has 2 aromatic rings. The van der Waals surface area contributed by atoms with Crippen LogP contribution in [0, 0.1) is 10.1 Å². The Bertz CT molecular complexity index is 998. The number of non-ortho nitro benzene ring substituents is 1. The number of allylic oxidation sites excluding steroid dienone is 2. The van der Waals surface area contributed by atoms with Gasteiger partial charge in [-0.2, -0.15) is 0 Å². The largest absolute Gasteiger partial charge is 0.378 e. The molecule has 0 unspecified atom stereocenters. The summed E-state index contributed by atoms with van der Waals surface area (Å²) in [7, 11) is 3.96. The molecular formula is C20H17N3O3S2. The highest BCUT2D eigenvalue weighted by Crippen LogP contribution is 2.36. The Labute approximate surface area is 172 Å². The molecule has 1 fully saturated rings. The number of anilines is 2. The zero-order valence-corrected chi connectivity index (χ0v) is 16.9. The van der Waals surface area contributed by atoms with Crippen molar-refractivity contribution < 1.29 is 9.72 Å². The molecule has 1 aliphatic heterocycles. The molecule has 0 saturated carbocycles. The highest BCUT2D eigenvalue weighted by Gasteiger charge is 2.33. The summed E-state index contributed by atoms with van der Waals surface area (Å²) in [5, 5.41) is 11.0. The second-order valence-electron chi connectivity index (χ2n) is 6.16. The van der Waals surface area contributed by atoms with Crippen LogP contribution < -0.4 is 9.80 Å². The summed E-state index contributed by atoms with van der Waals surface area (Å²) < 4.78 is 0.348. The summed E-state index contributed by atoms with van der Waals surface area (Å²) in [6, 6.07) is 13.9. The van der Waals surface area contributed by atoms with Gasteiger partial charge in [-0.05, 0) is 29.8 Å². The van der Waals surface area contributed by atoms with Crippen molar-refractivity contribution in [3.63, 3.8) is 0 Å². The Hall–Kier alpha value is -2.97.